The SMILES string of the molecule is C.CC(C)(C)OC(=O)N1CCC(N2C[C@H](O)C[C@@H]2Cc2ccc(Cl)cc2)CC1.CC(C)(C)OC(=O)N1C[C@H](O)C[C@@H]1Cc1ccc(Cl)cc1.O=C1CCCCC1. The Morgan fingerprint density at radius 3 is 1.61 bits per heavy atom. The van der Waals surface area contributed by atoms with Gasteiger partial charge in [-0.15, -0.1) is 0 Å². The van der Waals surface area contributed by atoms with Crippen LogP contribution in [0.5, 0.6) is 0 Å². The quantitative estimate of drug-likeness (QED) is 0.307. The molecule has 1 aliphatic carbocycles. The lowest BCUT2D eigenvalue weighted by atomic mass is 9.99. The third kappa shape index (κ3) is 16.2. The molecule has 4 fully saturated rings. The smallest absolute Gasteiger partial charge is 0.410 e. The van der Waals surface area contributed by atoms with E-state index in [1.54, 1.807) is 4.90 Å². The van der Waals surface area contributed by atoms with Gasteiger partial charge in [0.1, 0.15) is 17.0 Å². The molecule has 4 aliphatic rings. The van der Waals surface area contributed by atoms with Gasteiger partial charge in [-0.3, -0.25) is 9.69 Å². The van der Waals surface area contributed by atoms with Crippen LogP contribution in [0.1, 0.15) is 118 Å². The highest BCUT2D eigenvalue weighted by Crippen LogP contribution is 2.30. The maximum absolute atomic E-state index is 12.3. The van der Waals surface area contributed by atoms with E-state index in [9.17, 15) is 24.6 Å². The summed E-state index contributed by atoms with van der Waals surface area (Å²) >= 11 is 11.9. The number of ketones is 1. The molecule has 2 aromatic rings. The number of carbonyl (C=O) groups excluding carboxylic acids is 3. The van der Waals surface area contributed by atoms with E-state index < -0.39 is 17.3 Å². The van der Waals surface area contributed by atoms with Crippen LogP contribution in [-0.2, 0) is 27.1 Å². The molecular formula is C44H67Cl2N3O7. The van der Waals surface area contributed by atoms with Gasteiger partial charge in [0.15, 0.2) is 0 Å². The number of piperidine rings is 1. The van der Waals surface area contributed by atoms with Crippen molar-refractivity contribution in [1.29, 1.82) is 0 Å². The lowest BCUT2D eigenvalue weighted by Gasteiger charge is -2.39. The molecule has 12 heteroatoms. The number of aliphatic hydroxyl groups is 2. The maximum Gasteiger partial charge on any atom is 0.410 e. The highest BCUT2D eigenvalue weighted by atomic mass is 35.5. The van der Waals surface area contributed by atoms with Gasteiger partial charge in [-0.2, -0.15) is 0 Å². The number of likely N-dealkylation sites (tertiary alicyclic amines) is 3. The standard InChI is InChI=1S/C21H31ClN2O3.C16H22ClNO3.C6H10O.CH4/c1-21(2,3)27-20(26)23-10-8-17(9-11-23)24-14-19(25)13-18(24)12-15-4-6-16(22)7-5-15;1-16(2,3)21-15(20)18-10-14(19)9-13(18)8-11-4-6-12(17)7-5-11;7-6-4-2-1-3-5-6;/h4-7,17-19,25H,8-14H2,1-3H3;4-7,13-14,19H,8-10H2,1-3H3;1-5H2;1H4/t18-,19+;13-,14+;;/m00../s1. The van der Waals surface area contributed by atoms with E-state index in [2.05, 4.69) is 17.0 Å². The van der Waals surface area contributed by atoms with Gasteiger partial charge in [0.25, 0.3) is 0 Å². The number of carbonyl (C=O) groups is 3. The molecule has 2 N–H and O–H groups in total. The van der Waals surface area contributed by atoms with E-state index in [1.165, 1.54) is 12.0 Å². The van der Waals surface area contributed by atoms with E-state index in [0.717, 1.165) is 68.5 Å². The average molecular weight is 821 g/mol. The number of hydrogen-bond donors (Lipinski definition) is 2. The highest BCUT2D eigenvalue weighted by Gasteiger charge is 2.39. The van der Waals surface area contributed by atoms with E-state index in [-0.39, 0.29) is 31.8 Å². The number of aliphatic hydroxyl groups excluding tert-OH is 2. The van der Waals surface area contributed by atoms with Gasteiger partial charge in [-0.1, -0.05) is 61.3 Å². The minimum Gasteiger partial charge on any atom is -0.444 e. The predicted molar refractivity (Wildman–Crippen MR) is 224 cm³/mol. The van der Waals surface area contributed by atoms with Crippen molar-refractivity contribution < 1.29 is 34.1 Å². The summed E-state index contributed by atoms with van der Waals surface area (Å²) in [5.74, 6) is 0.464. The molecule has 314 valence electrons. The lowest BCUT2D eigenvalue weighted by Crippen LogP contribution is -2.49. The fourth-order valence-corrected chi connectivity index (χ4v) is 7.88. The van der Waals surface area contributed by atoms with Crippen molar-refractivity contribution in [2.75, 3.05) is 26.2 Å². The first-order valence-corrected chi connectivity index (χ1v) is 20.7. The highest BCUT2D eigenvalue weighted by molar-refractivity contribution is 6.30. The molecule has 3 aliphatic heterocycles. The zero-order valence-electron chi connectivity index (χ0n) is 33.6. The van der Waals surface area contributed by atoms with Gasteiger partial charge < -0.3 is 29.5 Å². The molecule has 2 amide bonds. The minimum absolute atomic E-state index is 0. The molecule has 3 heterocycles. The third-order valence-electron chi connectivity index (χ3n) is 10.2. The van der Waals surface area contributed by atoms with Crippen LogP contribution in [0, 0.1) is 0 Å². The van der Waals surface area contributed by atoms with E-state index in [0.29, 0.717) is 55.4 Å². The van der Waals surface area contributed by atoms with Crippen molar-refractivity contribution in [1.82, 2.24) is 14.7 Å². The average Bonchev–Trinajstić information content (AvgIpc) is 3.67. The van der Waals surface area contributed by atoms with Crippen LogP contribution in [0.15, 0.2) is 48.5 Å². The largest absolute Gasteiger partial charge is 0.444 e. The fourth-order valence-electron chi connectivity index (χ4n) is 7.63. The number of rotatable bonds is 5. The van der Waals surface area contributed by atoms with Crippen molar-refractivity contribution in [2.45, 2.75) is 161 Å². The zero-order valence-corrected chi connectivity index (χ0v) is 35.2. The van der Waals surface area contributed by atoms with E-state index in [1.807, 2.05) is 82.8 Å². The van der Waals surface area contributed by atoms with E-state index in [4.69, 9.17) is 32.7 Å². The normalized spacial score (nSPS) is 23.3. The number of nitrogens with zero attached hydrogens (tertiary/aromatic N) is 3. The molecular weight excluding hydrogens is 753 g/mol. The molecule has 1 saturated carbocycles. The van der Waals surface area contributed by atoms with Gasteiger partial charge in [0.2, 0.25) is 0 Å². The number of benzene rings is 2. The molecule has 6 rings (SSSR count). The summed E-state index contributed by atoms with van der Waals surface area (Å²) in [5, 5.41) is 21.5. The van der Waals surface area contributed by atoms with Crippen molar-refractivity contribution in [3.05, 3.63) is 69.7 Å². The van der Waals surface area contributed by atoms with Crippen molar-refractivity contribution >= 4 is 41.2 Å². The van der Waals surface area contributed by atoms with Crippen LogP contribution >= 0.6 is 23.2 Å². The van der Waals surface area contributed by atoms with Crippen LogP contribution in [0.25, 0.3) is 0 Å². The predicted octanol–water partition coefficient (Wildman–Crippen LogP) is 9.13. The monoisotopic (exact) mass is 819 g/mol. The lowest BCUT2D eigenvalue weighted by molar-refractivity contribution is -0.120. The van der Waals surface area contributed by atoms with Gasteiger partial charge in [0.05, 0.1) is 18.8 Å². The van der Waals surface area contributed by atoms with Gasteiger partial charge >= 0.3 is 12.2 Å². The fraction of sp³-hybridized carbons (Fsp3) is 0.659. The Bertz CT molecular complexity index is 1510. The Balaban J connectivity index is 0.000000257. The number of halogens is 2. The van der Waals surface area contributed by atoms with Crippen LogP contribution in [-0.4, -0.2) is 111 Å². The van der Waals surface area contributed by atoms with Crippen LogP contribution in [0.2, 0.25) is 10.0 Å². The Hall–Kier alpha value is -2.89. The molecule has 0 unspecified atom stereocenters. The molecule has 56 heavy (non-hydrogen) atoms. The number of amides is 2. The number of hydrogen-bond acceptors (Lipinski definition) is 8. The maximum atomic E-state index is 12.3. The molecule has 0 bridgehead atoms. The Morgan fingerprint density at radius 2 is 1.14 bits per heavy atom. The first-order chi connectivity index (χ1) is 25.8. The Morgan fingerprint density at radius 1 is 0.696 bits per heavy atom. The minimum atomic E-state index is -0.532. The third-order valence-corrected chi connectivity index (χ3v) is 10.7. The summed E-state index contributed by atoms with van der Waals surface area (Å²) in [5.41, 5.74) is 1.34. The second-order valence-corrected chi connectivity index (χ2v) is 18.2. The molecule has 0 radical (unpaired) electrons. The number of Topliss-reactive ketones (excluding diaryl/α,β-unsaturated/α-hetero) is 1. The Labute approximate surface area is 345 Å². The van der Waals surface area contributed by atoms with Crippen molar-refractivity contribution in [3.63, 3.8) is 0 Å². The number of ether oxygens (including phenoxy) is 2. The molecule has 0 spiro atoms. The summed E-state index contributed by atoms with van der Waals surface area (Å²) in [4.78, 5) is 40.8. The first-order valence-electron chi connectivity index (χ1n) is 19.9. The molecule has 4 atom stereocenters. The number of β-amino-alcohol motifs (C(OH)–C–C–N with tert-alkyl or cyclic N) is 2. The molecule has 3 saturated heterocycles. The van der Waals surface area contributed by atoms with Gasteiger partial charge in [-0.05, 0) is 128 Å². The topological polar surface area (TPSA) is 120 Å². The summed E-state index contributed by atoms with van der Waals surface area (Å²) < 4.78 is 10.9. The Kier molecular flexibility index (Phi) is 18.4. The second kappa shape index (κ2) is 21.8. The van der Waals surface area contributed by atoms with E-state index >= 15 is 0 Å². The summed E-state index contributed by atoms with van der Waals surface area (Å²) in [6.45, 7) is 13.7. The second-order valence-electron chi connectivity index (χ2n) is 17.4. The molecule has 0 aromatic heterocycles. The van der Waals surface area contributed by atoms with Crippen LogP contribution in [0.4, 0.5) is 9.59 Å². The first kappa shape index (κ1) is 47.5. The zero-order chi connectivity index (χ0) is 40.3. The summed E-state index contributed by atoms with van der Waals surface area (Å²) in [6.07, 6.45) is 8.71. The van der Waals surface area contributed by atoms with Gasteiger partial charge in [-0.25, -0.2) is 9.59 Å². The summed E-state index contributed by atoms with van der Waals surface area (Å²) in [6, 6.07) is 16.2. The summed E-state index contributed by atoms with van der Waals surface area (Å²) in [7, 11) is 0. The van der Waals surface area contributed by atoms with Crippen molar-refractivity contribution in [2.24, 2.45) is 0 Å². The van der Waals surface area contributed by atoms with Crippen LogP contribution in [0.3, 0.4) is 0 Å². The molecule has 2 aromatic carbocycles. The molecule has 10 nitrogen and oxygen atoms in total. The van der Waals surface area contributed by atoms with Gasteiger partial charge in [0, 0.05) is 60.6 Å². The van der Waals surface area contributed by atoms with Crippen LogP contribution < -0.4 is 0 Å². The van der Waals surface area contributed by atoms with Crippen molar-refractivity contribution in [3.8, 4) is 0 Å².